The molecule has 0 spiro atoms. The summed E-state index contributed by atoms with van der Waals surface area (Å²) in [4.78, 5) is 28.5. The van der Waals surface area contributed by atoms with Crippen molar-refractivity contribution in [2.24, 2.45) is 5.73 Å². The van der Waals surface area contributed by atoms with Gasteiger partial charge in [0.15, 0.2) is 0 Å². The minimum absolute atomic E-state index is 0.0576. The number of carbonyl (C=O) groups excluding carboxylic acids is 2. The number of nitrogens with two attached hydrogens (primary N) is 1. The molecule has 1 aromatic rings. The van der Waals surface area contributed by atoms with Gasteiger partial charge < -0.3 is 5.73 Å². The fourth-order valence-corrected chi connectivity index (χ4v) is 1.86. The molecule has 6 nitrogen and oxygen atoms in total. The van der Waals surface area contributed by atoms with Gasteiger partial charge in [-0.1, -0.05) is 6.07 Å². The molecule has 1 atom stereocenters. The number of likely N-dealkylation sites (tertiary alicyclic amines) is 1. The molecule has 1 aliphatic heterocycles. The lowest BCUT2D eigenvalue weighted by molar-refractivity contribution is -0.149. The van der Waals surface area contributed by atoms with Crippen molar-refractivity contribution < 1.29 is 9.59 Å². The molecule has 0 aliphatic carbocycles. The van der Waals surface area contributed by atoms with E-state index < -0.39 is 6.04 Å². The lowest BCUT2D eigenvalue weighted by Gasteiger charge is -2.28. The summed E-state index contributed by atoms with van der Waals surface area (Å²) in [7, 11) is 0. The molecular formula is C12H12N4O2. The number of rotatable bonds is 2. The molecule has 6 heteroatoms. The normalized spacial score (nSPS) is 19.8. The van der Waals surface area contributed by atoms with Gasteiger partial charge in [-0.05, 0) is 12.5 Å². The Hall–Kier alpha value is -2.26. The van der Waals surface area contributed by atoms with Crippen molar-refractivity contribution in [2.75, 3.05) is 0 Å². The van der Waals surface area contributed by atoms with E-state index in [1.165, 1.54) is 6.20 Å². The summed E-state index contributed by atoms with van der Waals surface area (Å²) in [6.45, 7) is 0.0576. The maximum absolute atomic E-state index is 11.8. The summed E-state index contributed by atoms with van der Waals surface area (Å²) in [6.07, 6.45) is 2.13. The third-order valence-corrected chi connectivity index (χ3v) is 2.88. The van der Waals surface area contributed by atoms with E-state index >= 15 is 0 Å². The lowest BCUT2D eigenvalue weighted by Crippen LogP contribution is -2.50. The SMILES string of the molecule is N#Cc1ncccc1CN1C(=O)CCC(N)C1=O. The number of nitriles is 1. The van der Waals surface area contributed by atoms with Crippen LogP contribution in [0.3, 0.4) is 0 Å². The van der Waals surface area contributed by atoms with Gasteiger partial charge in [-0.2, -0.15) is 5.26 Å². The molecule has 1 aliphatic rings. The van der Waals surface area contributed by atoms with Crippen LogP contribution in [0.2, 0.25) is 0 Å². The number of nitrogens with zero attached hydrogens (tertiary/aromatic N) is 3. The summed E-state index contributed by atoms with van der Waals surface area (Å²) in [6, 6.07) is 4.63. The van der Waals surface area contributed by atoms with Gasteiger partial charge in [0.2, 0.25) is 11.8 Å². The molecule has 2 heterocycles. The smallest absolute Gasteiger partial charge is 0.246 e. The quantitative estimate of drug-likeness (QED) is 0.734. The molecule has 1 aromatic heterocycles. The highest BCUT2D eigenvalue weighted by Crippen LogP contribution is 2.16. The van der Waals surface area contributed by atoms with Crippen LogP contribution in [-0.4, -0.2) is 27.7 Å². The molecule has 1 fully saturated rings. The molecule has 0 radical (unpaired) electrons. The summed E-state index contributed by atoms with van der Waals surface area (Å²) >= 11 is 0. The highest BCUT2D eigenvalue weighted by atomic mass is 16.2. The maximum Gasteiger partial charge on any atom is 0.246 e. The van der Waals surface area contributed by atoms with Gasteiger partial charge in [-0.25, -0.2) is 4.98 Å². The van der Waals surface area contributed by atoms with E-state index in [4.69, 9.17) is 11.0 Å². The van der Waals surface area contributed by atoms with Crippen molar-refractivity contribution in [3.05, 3.63) is 29.6 Å². The highest BCUT2D eigenvalue weighted by molar-refractivity contribution is 6.00. The molecule has 2 amide bonds. The predicted octanol–water partition coefficient (Wildman–Crippen LogP) is -0.0704. The van der Waals surface area contributed by atoms with E-state index in [0.717, 1.165) is 4.90 Å². The molecule has 2 N–H and O–H groups in total. The van der Waals surface area contributed by atoms with E-state index in [1.54, 1.807) is 12.1 Å². The van der Waals surface area contributed by atoms with E-state index in [9.17, 15) is 9.59 Å². The molecule has 1 saturated heterocycles. The molecule has 0 aromatic carbocycles. The Bertz CT molecular complexity index is 535. The zero-order valence-corrected chi connectivity index (χ0v) is 9.67. The van der Waals surface area contributed by atoms with Crippen LogP contribution in [0.4, 0.5) is 0 Å². The van der Waals surface area contributed by atoms with Gasteiger partial charge >= 0.3 is 0 Å². The van der Waals surface area contributed by atoms with Gasteiger partial charge in [-0.3, -0.25) is 14.5 Å². The number of pyridine rings is 1. The molecule has 92 valence electrons. The number of aromatic nitrogens is 1. The number of hydrogen-bond donors (Lipinski definition) is 1. The second-order valence-electron chi connectivity index (χ2n) is 4.09. The zero-order valence-electron chi connectivity index (χ0n) is 9.67. The Balaban J connectivity index is 2.25. The Morgan fingerprint density at radius 2 is 2.33 bits per heavy atom. The van der Waals surface area contributed by atoms with Crippen LogP contribution in [0.1, 0.15) is 24.1 Å². The van der Waals surface area contributed by atoms with Crippen LogP contribution in [-0.2, 0) is 16.1 Å². The van der Waals surface area contributed by atoms with Crippen LogP contribution >= 0.6 is 0 Å². The fourth-order valence-electron chi connectivity index (χ4n) is 1.86. The minimum atomic E-state index is -0.634. The number of hydrogen-bond acceptors (Lipinski definition) is 5. The average Bonchev–Trinajstić information content (AvgIpc) is 2.39. The first-order chi connectivity index (χ1) is 8.63. The third kappa shape index (κ3) is 2.21. The largest absolute Gasteiger partial charge is 0.320 e. The molecule has 2 rings (SSSR count). The first-order valence-electron chi connectivity index (χ1n) is 5.57. The topological polar surface area (TPSA) is 100 Å². The van der Waals surface area contributed by atoms with Crippen LogP contribution in [0, 0.1) is 11.3 Å². The number of piperidine rings is 1. The summed E-state index contributed by atoms with van der Waals surface area (Å²) in [5, 5.41) is 8.91. The Morgan fingerprint density at radius 3 is 3.06 bits per heavy atom. The number of imide groups is 1. The van der Waals surface area contributed by atoms with Crippen molar-refractivity contribution >= 4 is 11.8 Å². The Kier molecular flexibility index (Phi) is 3.35. The van der Waals surface area contributed by atoms with E-state index in [-0.39, 0.29) is 30.5 Å². The molecule has 18 heavy (non-hydrogen) atoms. The van der Waals surface area contributed by atoms with Gasteiger partial charge in [0, 0.05) is 18.2 Å². The monoisotopic (exact) mass is 244 g/mol. The van der Waals surface area contributed by atoms with Crippen LogP contribution in [0.5, 0.6) is 0 Å². The van der Waals surface area contributed by atoms with Crippen molar-refractivity contribution in [1.29, 1.82) is 5.26 Å². The average molecular weight is 244 g/mol. The highest BCUT2D eigenvalue weighted by Gasteiger charge is 2.32. The lowest BCUT2D eigenvalue weighted by atomic mass is 10.0. The second kappa shape index (κ2) is 4.94. The molecule has 0 saturated carbocycles. The first kappa shape index (κ1) is 12.2. The van der Waals surface area contributed by atoms with E-state index in [0.29, 0.717) is 12.0 Å². The molecule has 0 bridgehead atoms. The molecule has 1 unspecified atom stereocenters. The van der Waals surface area contributed by atoms with Crippen molar-refractivity contribution in [3.63, 3.8) is 0 Å². The maximum atomic E-state index is 11.8. The third-order valence-electron chi connectivity index (χ3n) is 2.88. The summed E-state index contributed by atoms with van der Waals surface area (Å²) < 4.78 is 0. The minimum Gasteiger partial charge on any atom is -0.320 e. The standard InChI is InChI=1S/C12H12N4O2/c13-6-10-8(2-1-5-15-10)7-16-11(17)4-3-9(14)12(16)18/h1-2,5,9H,3-4,7,14H2. The zero-order chi connectivity index (χ0) is 13.1. The van der Waals surface area contributed by atoms with Crippen molar-refractivity contribution in [1.82, 2.24) is 9.88 Å². The van der Waals surface area contributed by atoms with E-state index in [1.807, 2.05) is 6.07 Å². The van der Waals surface area contributed by atoms with E-state index in [2.05, 4.69) is 4.98 Å². The molecular weight excluding hydrogens is 232 g/mol. The van der Waals surface area contributed by atoms with Crippen molar-refractivity contribution in [3.8, 4) is 6.07 Å². The summed E-state index contributed by atoms with van der Waals surface area (Å²) in [5.41, 5.74) is 6.40. The predicted molar refractivity (Wildman–Crippen MR) is 61.7 cm³/mol. The van der Waals surface area contributed by atoms with Gasteiger partial charge in [0.25, 0.3) is 0 Å². The number of carbonyl (C=O) groups is 2. The van der Waals surface area contributed by atoms with Crippen LogP contribution in [0.15, 0.2) is 18.3 Å². The van der Waals surface area contributed by atoms with Crippen molar-refractivity contribution in [2.45, 2.75) is 25.4 Å². The van der Waals surface area contributed by atoms with Gasteiger partial charge in [0.1, 0.15) is 11.8 Å². The number of amides is 2. The first-order valence-corrected chi connectivity index (χ1v) is 5.57. The fraction of sp³-hybridized carbons (Fsp3) is 0.333. The Morgan fingerprint density at radius 1 is 1.56 bits per heavy atom. The Labute approximate surface area is 104 Å². The second-order valence-corrected chi connectivity index (χ2v) is 4.09. The van der Waals surface area contributed by atoms with Crippen LogP contribution < -0.4 is 5.73 Å². The summed E-state index contributed by atoms with van der Waals surface area (Å²) in [5.74, 6) is -0.645. The van der Waals surface area contributed by atoms with Crippen LogP contribution in [0.25, 0.3) is 0 Å². The van der Waals surface area contributed by atoms with Gasteiger partial charge in [-0.15, -0.1) is 0 Å². The van der Waals surface area contributed by atoms with Gasteiger partial charge in [0.05, 0.1) is 12.6 Å².